The Morgan fingerprint density at radius 3 is 1.95 bits per heavy atom. The van der Waals surface area contributed by atoms with Crippen LogP contribution in [-0.2, 0) is 29.9 Å². The van der Waals surface area contributed by atoms with Gasteiger partial charge in [0, 0.05) is 10.3 Å². The summed E-state index contributed by atoms with van der Waals surface area (Å²) < 4.78 is 22.3. The Balaban J connectivity index is 2.47. The molecule has 0 spiro atoms. The van der Waals surface area contributed by atoms with E-state index in [4.69, 9.17) is 9.47 Å². The molecular weight excluding hydrogens is 292 g/mol. The van der Waals surface area contributed by atoms with E-state index in [0.29, 0.717) is 4.90 Å². The van der Waals surface area contributed by atoms with E-state index in [1.807, 2.05) is 6.07 Å². The highest BCUT2D eigenvalue weighted by Gasteiger charge is 2.84. The predicted molar refractivity (Wildman–Crippen MR) is 76.9 cm³/mol. The molecule has 0 saturated heterocycles. The first-order valence-electron chi connectivity index (χ1n) is 6.48. The van der Waals surface area contributed by atoms with Crippen LogP contribution in [-0.4, -0.2) is 35.6 Å². The fourth-order valence-corrected chi connectivity index (χ4v) is 5.15. The SMILES string of the molecule is COC(=O)C1(C(=O)OC)C(S(=O)c2ccccc2)C1(C)C. The van der Waals surface area contributed by atoms with Gasteiger partial charge in [-0.2, -0.15) is 0 Å². The van der Waals surface area contributed by atoms with Gasteiger partial charge in [0.2, 0.25) is 0 Å². The van der Waals surface area contributed by atoms with Crippen LogP contribution in [0.1, 0.15) is 13.8 Å². The summed E-state index contributed by atoms with van der Waals surface area (Å²) in [5.41, 5.74) is -2.31. The van der Waals surface area contributed by atoms with Gasteiger partial charge in [0.25, 0.3) is 0 Å². The predicted octanol–water partition coefficient (Wildman–Crippen LogP) is 1.53. The highest BCUT2D eigenvalue weighted by Crippen LogP contribution is 2.67. The van der Waals surface area contributed by atoms with Crippen molar-refractivity contribution < 1.29 is 23.3 Å². The minimum absolute atomic E-state index is 0.574. The van der Waals surface area contributed by atoms with Gasteiger partial charge >= 0.3 is 11.9 Å². The van der Waals surface area contributed by atoms with Crippen molar-refractivity contribution in [3.8, 4) is 0 Å². The van der Waals surface area contributed by atoms with Gasteiger partial charge in [0.05, 0.1) is 30.3 Å². The first-order valence-corrected chi connectivity index (χ1v) is 7.69. The minimum Gasteiger partial charge on any atom is -0.468 e. The van der Waals surface area contributed by atoms with E-state index in [-0.39, 0.29) is 0 Å². The summed E-state index contributed by atoms with van der Waals surface area (Å²) >= 11 is 0. The first kappa shape index (κ1) is 15.7. The average Bonchev–Trinajstić information content (AvgIpc) is 3.03. The van der Waals surface area contributed by atoms with Crippen LogP contribution in [0.25, 0.3) is 0 Å². The summed E-state index contributed by atoms with van der Waals surface area (Å²) in [4.78, 5) is 25.0. The Morgan fingerprint density at radius 2 is 1.52 bits per heavy atom. The summed E-state index contributed by atoms with van der Waals surface area (Å²) in [5.74, 6) is -1.40. The number of ether oxygens (including phenoxy) is 2. The molecule has 114 valence electrons. The van der Waals surface area contributed by atoms with Gasteiger partial charge in [0.15, 0.2) is 5.41 Å². The number of hydrogen-bond donors (Lipinski definition) is 0. The molecule has 2 atom stereocenters. The van der Waals surface area contributed by atoms with Crippen LogP contribution in [0.4, 0.5) is 0 Å². The van der Waals surface area contributed by atoms with Crippen LogP contribution in [0.5, 0.6) is 0 Å². The molecule has 6 heteroatoms. The van der Waals surface area contributed by atoms with E-state index >= 15 is 0 Å². The van der Waals surface area contributed by atoms with Crippen LogP contribution >= 0.6 is 0 Å². The van der Waals surface area contributed by atoms with Gasteiger partial charge in [-0.1, -0.05) is 32.0 Å². The van der Waals surface area contributed by atoms with Gasteiger partial charge in [-0.15, -0.1) is 0 Å². The monoisotopic (exact) mass is 310 g/mol. The molecule has 1 aliphatic carbocycles. The molecular formula is C15H18O5S. The number of carbonyl (C=O) groups excluding carboxylic acids is 2. The fraction of sp³-hybridized carbons (Fsp3) is 0.467. The Labute approximate surface area is 126 Å². The first-order chi connectivity index (χ1) is 9.85. The van der Waals surface area contributed by atoms with E-state index in [1.165, 1.54) is 14.2 Å². The molecule has 1 aromatic rings. The summed E-state index contributed by atoms with van der Waals surface area (Å²) in [5, 5.41) is -0.674. The molecule has 5 nitrogen and oxygen atoms in total. The summed E-state index contributed by atoms with van der Waals surface area (Å²) in [6.45, 7) is 3.46. The molecule has 1 aromatic carbocycles. The molecule has 0 amide bonds. The Bertz CT molecular complexity index is 577. The van der Waals surface area contributed by atoms with Crippen molar-refractivity contribution in [2.75, 3.05) is 14.2 Å². The zero-order chi connectivity index (χ0) is 15.8. The fourth-order valence-electron chi connectivity index (χ4n) is 2.98. The number of rotatable bonds is 4. The molecule has 0 N–H and O–H groups in total. The lowest BCUT2D eigenvalue weighted by molar-refractivity contribution is -0.163. The summed E-state index contributed by atoms with van der Waals surface area (Å²) in [6, 6.07) is 8.77. The normalized spacial score (nSPS) is 23.0. The van der Waals surface area contributed by atoms with E-state index in [0.717, 1.165) is 0 Å². The van der Waals surface area contributed by atoms with Crippen molar-refractivity contribution >= 4 is 22.7 Å². The lowest BCUT2D eigenvalue weighted by Gasteiger charge is -2.14. The van der Waals surface area contributed by atoms with Gasteiger partial charge in [-0.05, 0) is 12.1 Å². The third-order valence-electron chi connectivity index (χ3n) is 4.19. The average molecular weight is 310 g/mol. The number of esters is 2. The maximum Gasteiger partial charge on any atom is 0.325 e. The molecule has 0 aliphatic heterocycles. The van der Waals surface area contributed by atoms with Crippen LogP contribution in [0.15, 0.2) is 35.2 Å². The quantitative estimate of drug-likeness (QED) is 0.623. The molecule has 0 heterocycles. The number of benzene rings is 1. The second-order valence-corrected chi connectivity index (χ2v) is 7.04. The van der Waals surface area contributed by atoms with Gasteiger partial charge in [-0.3, -0.25) is 13.8 Å². The van der Waals surface area contributed by atoms with Gasteiger partial charge in [-0.25, -0.2) is 0 Å². The van der Waals surface area contributed by atoms with Crippen molar-refractivity contribution in [1.82, 2.24) is 0 Å². The van der Waals surface area contributed by atoms with E-state index in [9.17, 15) is 13.8 Å². The largest absolute Gasteiger partial charge is 0.468 e. The van der Waals surface area contributed by atoms with Crippen molar-refractivity contribution in [1.29, 1.82) is 0 Å². The third kappa shape index (κ3) is 2.00. The maximum absolute atomic E-state index is 12.8. The second kappa shape index (κ2) is 5.26. The zero-order valence-electron chi connectivity index (χ0n) is 12.4. The standard InChI is InChI=1S/C15H18O5S/c1-14(2)11(21(18)10-8-6-5-7-9-10)15(14,12(16)19-3)13(17)20-4/h5-9,11H,1-4H3. The topological polar surface area (TPSA) is 69.7 Å². The van der Waals surface area contributed by atoms with Crippen molar-refractivity contribution in [2.24, 2.45) is 10.8 Å². The number of hydrogen-bond acceptors (Lipinski definition) is 5. The lowest BCUT2D eigenvalue weighted by Crippen LogP contribution is -2.34. The minimum atomic E-state index is -1.52. The molecule has 21 heavy (non-hydrogen) atoms. The third-order valence-corrected chi connectivity index (χ3v) is 6.29. The smallest absolute Gasteiger partial charge is 0.325 e. The van der Waals surface area contributed by atoms with Crippen LogP contribution in [0.3, 0.4) is 0 Å². The number of methoxy groups -OCH3 is 2. The molecule has 0 bridgehead atoms. The van der Waals surface area contributed by atoms with Crippen molar-refractivity contribution in [3.05, 3.63) is 30.3 Å². The molecule has 0 aromatic heterocycles. The van der Waals surface area contributed by atoms with E-state index in [1.54, 1.807) is 38.1 Å². The highest BCUT2D eigenvalue weighted by molar-refractivity contribution is 7.86. The Hall–Kier alpha value is -1.69. The maximum atomic E-state index is 12.8. The molecule has 0 radical (unpaired) electrons. The molecule has 1 fully saturated rings. The number of carbonyl (C=O) groups is 2. The van der Waals surface area contributed by atoms with Crippen LogP contribution < -0.4 is 0 Å². The molecule has 2 unspecified atom stereocenters. The van der Waals surface area contributed by atoms with Crippen LogP contribution in [0.2, 0.25) is 0 Å². The Morgan fingerprint density at radius 1 is 1.05 bits per heavy atom. The van der Waals surface area contributed by atoms with Crippen molar-refractivity contribution in [2.45, 2.75) is 24.0 Å². The second-order valence-electron chi connectivity index (χ2n) is 5.50. The van der Waals surface area contributed by atoms with E-state index < -0.39 is 38.8 Å². The van der Waals surface area contributed by atoms with Crippen molar-refractivity contribution in [3.63, 3.8) is 0 Å². The Kier molecular flexibility index (Phi) is 3.93. The molecule has 2 rings (SSSR count). The highest BCUT2D eigenvalue weighted by atomic mass is 32.2. The van der Waals surface area contributed by atoms with E-state index in [2.05, 4.69) is 0 Å². The van der Waals surface area contributed by atoms with Gasteiger partial charge in [0.1, 0.15) is 0 Å². The van der Waals surface area contributed by atoms with Gasteiger partial charge < -0.3 is 9.47 Å². The zero-order valence-corrected chi connectivity index (χ0v) is 13.2. The molecule has 1 aliphatic rings. The molecule has 1 saturated carbocycles. The summed E-state index contributed by atoms with van der Waals surface area (Å²) in [7, 11) is 0.916. The lowest BCUT2D eigenvalue weighted by atomic mass is 9.96. The summed E-state index contributed by atoms with van der Waals surface area (Å²) in [6.07, 6.45) is 0. The van der Waals surface area contributed by atoms with Crippen LogP contribution in [0, 0.1) is 10.8 Å².